The second kappa shape index (κ2) is 6.70. The van der Waals surface area contributed by atoms with Crippen molar-refractivity contribution >= 4 is 0 Å². The first-order valence-corrected chi connectivity index (χ1v) is 7.91. The number of hydrogen-bond acceptors (Lipinski definition) is 3. The van der Waals surface area contributed by atoms with Crippen LogP contribution in [0.3, 0.4) is 0 Å². The third kappa shape index (κ3) is 3.60. The van der Waals surface area contributed by atoms with E-state index in [2.05, 4.69) is 41.4 Å². The van der Waals surface area contributed by atoms with E-state index in [0.29, 0.717) is 0 Å². The Balaban J connectivity index is 1.33. The smallest absolute Gasteiger partial charge is 0.0594 e. The molecule has 0 radical (unpaired) electrons. The Morgan fingerprint density at radius 1 is 1.15 bits per heavy atom. The van der Waals surface area contributed by atoms with Crippen LogP contribution in [0, 0.1) is 6.92 Å². The zero-order valence-corrected chi connectivity index (χ0v) is 12.5. The number of nitrogens with one attached hydrogen (secondary N) is 1. The summed E-state index contributed by atoms with van der Waals surface area (Å²) in [6, 6.07) is 9.78. The molecule has 20 heavy (non-hydrogen) atoms. The summed E-state index contributed by atoms with van der Waals surface area (Å²) >= 11 is 0. The van der Waals surface area contributed by atoms with E-state index in [-0.39, 0.29) is 0 Å². The van der Waals surface area contributed by atoms with Crippen LogP contribution >= 0.6 is 0 Å². The molecule has 1 N–H and O–H groups in total. The van der Waals surface area contributed by atoms with Crippen LogP contribution in [0.2, 0.25) is 0 Å². The van der Waals surface area contributed by atoms with Gasteiger partial charge in [0.2, 0.25) is 0 Å². The molecule has 1 saturated carbocycles. The van der Waals surface area contributed by atoms with Crippen LogP contribution in [0.4, 0.5) is 0 Å². The van der Waals surface area contributed by atoms with Crippen molar-refractivity contribution in [2.45, 2.75) is 31.7 Å². The average molecular weight is 274 g/mol. The van der Waals surface area contributed by atoms with Gasteiger partial charge in [-0.05, 0) is 31.2 Å². The van der Waals surface area contributed by atoms with Gasteiger partial charge in [-0.1, -0.05) is 29.8 Å². The molecule has 0 amide bonds. The molecule has 3 rings (SSSR count). The van der Waals surface area contributed by atoms with E-state index in [0.717, 1.165) is 51.4 Å². The topological polar surface area (TPSA) is 24.5 Å². The maximum absolute atomic E-state index is 5.37. The highest BCUT2D eigenvalue weighted by atomic mass is 16.5. The highest BCUT2D eigenvalue weighted by Gasteiger charge is 2.29. The summed E-state index contributed by atoms with van der Waals surface area (Å²) in [5.41, 5.74) is 2.87. The number of aryl methyl sites for hydroxylation is 1. The van der Waals surface area contributed by atoms with Crippen molar-refractivity contribution in [2.75, 3.05) is 39.4 Å². The van der Waals surface area contributed by atoms with Crippen molar-refractivity contribution in [2.24, 2.45) is 0 Å². The van der Waals surface area contributed by atoms with Crippen LogP contribution in [-0.4, -0.2) is 50.3 Å². The number of morpholine rings is 1. The predicted octanol–water partition coefficient (Wildman–Crippen LogP) is 2.16. The first kappa shape index (κ1) is 14.1. The molecule has 0 atom stereocenters. The normalized spacial score (nSPS) is 27.2. The van der Waals surface area contributed by atoms with Crippen molar-refractivity contribution in [1.82, 2.24) is 10.2 Å². The van der Waals surface area contributed by atoms with Crippen molar-refractivity contribution < 1.29 is 4.74 Å². The van der Waals surface area contributed by atoms with Gasteiger partial charge in [-0.15, -0.1) is 0 Å². The molecule has 1 heterocycles. The monoisotopic (exact) mass is 274 g/mol. The lowest BCUT2D eigenvalue weighted by atomic mass is 9.76. The first-order valence-electron chi connectivity index (χ1n) is 7.91. The van der Waals surface area contributed by atoms with Crippen LogP contribution in [0.1, 0.15) is 29.9 Å². The molecule has 3 nitrogen and oxygen atoms in total. The predicted molar refractivity (Wildman–Crippen MR) is 82.2 cm³/mol. The van der Waals surface area contributed by atoms with Gasteiger partial charge in [-0.25, -0.2) is 0 Å². The largest absolute Gasteiger partial charge is 0.379 e. The van der Waals surface area contributed by atoms with Crippen LogP contribution in [0.15, 0.2) is 24.3 Å². The van der Waals surface area contributed by atoms with E-state index >= 15 is 0 Å². The van der Waals surface area contributed by atoms with E-state index in [4.69, 9.17) is 4.74 Å². The average Bonchev–Trinajstić information content (AvgIpc) is 2.44. The summed E-state index contributed by atoms with van der Waals surface area (Å²) in [6.45, 7) is 8.43. The van der Waals surface area contributed by atoms with Gasteiger partial charge in [0.25, 0.3) is 0 Å². The van der Waals surface area contributed by atoms with Gasteiger partial charge in [0.1, 0.15) is 0 Å². The highest BCUT2D eigenvalue weighted by molar-refractivity contribution is 5.26. The Hall–Kier alpha value is -0.900. The Morgan fingerprint density at radius 3 is 2.55 bits per heavy atom. The molecule has 0 aromatic heterocycles. The Kier molecular flexibility index (Phi) is 4.71. The molecule has 0 bridgehead atoms. The van der Waals surface area contributed by atoms with Crippen molar-refractivity contribution in [1.29, 1.82) is 0 Å². The van der Waals surface area contributed by atoms with Crippen LogP contribution < -0.4 is 5.32 Å². The van der Waals surface area contributed by atoms with Gasteiger partial charge in [0.15, 0.2) is 0 Å². The van der Waals surface area contributed by atoms with E-state index < -0.39 is 0 Å². The second-order valence-electron chi connectivity index (χ2n) is 6.18. The van der Waals surface area contributed by atoms with Gasteiger partial charge in [-0.2, -0.15) is 0 Å². The molecule has 2 fully saturated rings. The molecule has 0 spiro atoms. The van der Waals surface area contributed by atoms with E-state index in [1.165, 1.54) is 24.0 Å². The van der Waals surface area contributed by atoms with Gasteiger partial charge >= 0.3 is 0 Å². The molecule has 3 heteroatoms. The lowest BCUT2D eigenvalue weighted by Gasteiger charge is -2.37. The summed E-state index contributed by atoms with van der Waals surface area (Å²) in [5.74, 6) is 0.775. The van der Waals surface area contributed by atoms with Crippen molar-refractivity contribution in [3.8, 4) is 0 Å². The summed E-state index contributed by atoms with van der Waals surface area (Å²) in [4.78, 5) is 2.49. The van der Waals surface area contributed by atoms with Crippen LogP contribution in [0.5, 0.6) is 0 Å². The fraction of sp³-hybridized carbons (Fsp3) is 0.647. The maximum atomic E-state index is 5.37. The van der Waals surface area contributed by atoms with Crippen molar-refractivity contribution in [3.63, 3.8) is 0 Å². The van der Waals surface area contributed by atoms with Gasteiger partial charge in [0, 0.05) is 32.2 Å². The summed E-state index contributed by atoms with van der Waals surface area (Å²) in [5, 5.41) is 3.70. The molecule has 1 aliphatic heterocycles. The number of rotatable bonds is 5. The number of hydrogen-bond donors (Lipinski definition) is 1. The Bertz CT molecular complexity index is 406. The summed E-state index contributed by atoms with van der Waals surface area (Å²) in [6.07, 6.45) is 2.60. The Labute approximate surface area is 122 Å². The zero-order chi connectivity index (χ0) is 13.8. The van der Waals surface area contributed by atoms with Gasteiger partial charge in [-0.3, -0.25) is 4.90 Å². The molecule has 110 valence electrons. The standard InChI is InChI=1S/C17H26N2O/c1-14-2-4-15(5-3-14)16-12-17(13-16)18-6-7-19-8-10-20-11-9-19/h2-5,16-18H,6-13H2,1H3. The highest BCUT2D eigenvalue weighted by Crippen LogP contribution is 2.36. The third-order valence-electron chi connectivity index (χ3n) is 4.65. The van der Waals surface area contributed by atoms with Crippen molar-refractivity contribution in [3.05, 3.63) is 35.4 Å². The second-order valence-corrected chi connectivity index (χ2v) is 6.18. The molecule has 1 saturated heterocycles. The van der Waals surface area contributed by atoms with Crippen LogP contribution in [-0.2, 0) is 4.74 Å². The summed E-state index contributed by atoms with van der Waals surface area (Å²) < 4.78 is 5.37. The van der Waals surface area contributed by atoms with E-state index in [1.807, 2.05) is 0 Å². The maximum Gasteiger partial charge on any atom is 0.0594 e. The minimum atomic E-state index is 0.724. The molecule has 1 aromatic carbocycles. The molecular weight excluding hydrogens is 248 g/mol. The summed E-state index contributed by atoms with van der Waals surface area (Å²) in [7, 11) is 0. The SMILES string of the molecule is Cc1ccc(C2CC(NCCN3CCOCC3)C2)cc1. The lowest BCUT2D eigenvalue weighted by molar-refractivity contribution is 0.0376. The third-order valence-corrected chi connectivity index (χ3v) is 4.65. The molecular formula is C17H26N2O. The quantitative estimate of drug-likeness (QED) is 0.890. The minimum absolute atomic E-state index is 0.724. The Morgan fingerprint density at radius 2 is 1.85 bits per heavy atom. The number of nitrogens with zero attached hydrogens (tertiary/aromatic N) is 1. The van der Waals surface area contributed by atoms with E-state index in [1.54, 1.807) is 0 Å². The molecule has 2 aliphatic rings. The zero-order valence-electron chi connectivity index (χ0n) is 12.5. The fourth-order valence-corrected chi connectivity index (χ4v) is 3.15. The first-order chi connectivity index (χ1) is 9.81. The lowest BCUT2D eigenvalue weighted by Crippen LogP contribution is -2.45. The number of benzene rings is 1. The van der Waals surface area contributed by atoms with Crippen LogP contribution in [0.25, 0.3) is 0 Å². The molecule has 1 aromatic rings. The van der Waals surface area contributed by atoms with E-state index in [9.17, 15) is 0 Å². The van der Waals surface area contributed by atoms with Gasteiger partial charge in [0.05, 0.1) is 13.2 Å². The minimum Gasteiger partial charge on any atom is -0.379 e. The molecule has 0 unspecified atom stereocenters. The number of ether oxygens (including phenoxy) is 1. The molecule has 1 aliphatic carbocycles. The fourth-order valence-electron chi connectivity index (χ4n) is 3.15. The van der Waals surface area contributed by atoms with Gasteiger partial charge < -0.3 is 10.1 Å².